The predicted molar refractivity (Wildman–Crippen MR) is 66.2 cm³/mol. The molecule has 3 aromatic rings. The Morgan fingerprint density at radius 3 is 2.40 bits per heavy atom. The fraction of sp³-hybridized carbons (Fsp3) is 0.231. The van der Waals surface area contributed by atoms with E-state index >= 15 is 0 Å². The van der Waals surface area contributed by atoms with E-state index in [0.717, 1.165) is 5.56 Å². The fourth-order valence-corrected chi connectivity index (χ4v) is 1.73. The monoisotopic (exact) mass is 274 g/mol. The smallest absolute Gasteiger partial charge is 0.316 e. The number of aromatic nitrogens is 4. The molecule has 0 atom stereocenters. The van der Waals surface area contributed by atoms with Gasteiger partial charge in [0.15, 0.2) is 11.6 Å². The summed E-state index contributed by atoms with van der Waals surface area (Å²) in [7, 11) is 0. The van der Waals surface area contributed by atoms with E-state index in [9.17, 15) is 4.39 Å². The van der Waals surface area contributed by atoms with Gasteiger partial charge >= 0.3 is 11.8 Å². The molecule has 7 heteroatoms. The molecule has 2 aromatic heterocycles. The molecule has 0 bridgehead atoms. The van der Waals surface area contributed by atoms with Crippen LogP contribution in [0.25, 0.3) is 11.8 Å². The van der Waals surface area contributed by atoms with Gasteiger partial charge in [0.05, 0.1) is 0 Å². The normalized spacial score (nSPS) is 10.9. The van der Waals surface area contributed by atoms with Crippen molar-refractivity contribution in [3.63, 3.8) is 0 Å². The van der Waals surface area contributed by atoms with Crippen molar-refractivity contribution in [3.8, 4) is 11.8 Å². The van der Waals surface area contributed by atoms with Crippen LogP contribution in [0.4, 0.5) is 4.39 Å². The van der Waals surface area contributed by atoms with E-state index in [1.165, 1.54) is 12.1 Å². The van der Waals surface area contributed by atoms with Crippen LogP contribution in [0.5, 0.6) is 0 Å². The molecule has 0 amide bonds. The third kappa shape index (κ3) is 2.56. The Bertz CT molecular complexity index is 722. The van der Waals surface area contributed by atoms with E-state index < -0.39 is 0 Å². The topological polar surface area (TPSA) is 77.8 Å². The van der Waals surface area contributed by atoms with Crippen molar-refractivity contribution in [2.24, 2.45) is 0 Å². The van der Waals surface area contributed by atoms with Gasteiger partial charge < -0.3 is 9.05 Å². The molecular formula is C13H11FN4O2. The highest BCUT2D eigenvalue weighted by molar-refractivity contribution is 5.36. The van der Waals surface area contributed by atoms with E-state index in [1.807, 2.05) is 6.92 Å². The molecule has 6 nitrogen and oxygen atoms in total. The SMILES string of the molecule is CCc1noc(-c2nc(Cc3cccc(F)c3)no2)n1. The van der Waals surface area contributed by atoms with Crippen LogP contribution >= 0.6 is 0 Å². The third-order valence-corrected chi connectivity index (χ3v) is 2.69. The van der Waals surface area contributed by atoms with Crippen LogP contribution in [0.2, 0.25) is 0 Å². The number of halogens is 1. The maximum atomic E-state index is 13.1. The van der Waals surface area contributed by atoms with Crippen molar-refractivity contribution in [2.75, 3.05) is 0 Å². The average molecular weight is 274 g/mol. The Labute approximate surface area is 113 Å². The first-order chi connectivity index (χ1) is 9.74. The molecule has 0 aliphatic heterocycles. The van der Waals surface area contributed by atoms with Gasteiger partial charge in [-0.3, -0.25) is 0 Å². The lowest BCUT2D eigenvalue weighted by molar-refractivity contribution is 0.377. The molecule has 0 aliphatic rings. The van der Waals surface area contributed by atoms with Gasteiger partial charge in [0.25, 0.3) is 0 Å². The summed E-state index contributed by atoms with van der Waals surface area (Å²) in [6, 6.07) is 6.24. The first kappa shape index (κ1) is 12.5. The second kappa shape index (κ2) is 5.20. The zero-order chi connectivity index (χ0) is 13.9. The summed E-state index contributed by atoms with van der Waals surface area (Å²) in [5, 5.41) is 7.57. The van der Waals surface area contributed by atoms with Gasteiger partial charge in [0, 0.05) is 12.8 Å². The van der Waals surface area contributed by atoms with E-state index in [4.69, 9.17) is 9.05 Å². The number of nitrogens with zero attached hydrogens (tertiary/aromatic N) is 4. The Kier molecular flexibility index (Phi) is 3.24. The molecule has 0 N–H and O–H groups in total. The van der Waals surface area contributed by atoms with Gasteiger partial charge in [0.2, 0.25) is 0 Å². The lowest BCUT2D eigenvalue weighted by Gasteiger charge is -1.95. The zero-order valence-corrected chi connectivity index (χ0v) is 10.7. The third-order valence-electron chi connectivity index (χ3n) is 2.69. The highest BCUT2D eigenvalue weighted by Gasteiger charge is 2.16. The lowest BCUT2D eigenvalue weighted by atomic mass is 10.1. The molecular weight excluding hydrogens is 263 g/mol. The maximum absolute atomic E-state index is 13.1. The molecule has 0 saturated heterocycles. The van der Waals surface area contributed by atoms with Gasteiger partial charge in [-0.15, -0.1) is 0 Å². The Hall–Kier alpha value is -2.57. The standard InChI is InChI=1S/C13H11FN4O2/c1-2-10-15-12(19-17-10)13-16-11(18-20-13)7-8-4-3-5-9(14)6-8/h3-6H,2,7H2,1H3. The molecule has 0 unspecified atom stereocenters. The first-order valence-electron chi connectivity index (χ1n) is 6.14. The molecule has 1 aromatic carbocycles. The minimum absolute atomic E-state index is 0.170. The number of aryl methyl sites for hydroxylation is 1. The molecule has 20 heavy (non-hydrogen) atoms. The summed E-state index contributed by atoms with van der Waals surface area (Å²) in [5.74, 6) is 1.07. The molecule has 0 radical (unpaired) electrons. The van der Waals surface area contributed by atoms with Crippen molar-refractivity contribution in [2.45, 2.75) is 19.8 Å². The largest absolute Gasteiger partial charge is 0.329 e. The molecule has 0 spiro atoms. The Morgan fingerprint density at radius 2 is 1.75 bits per heavy atom. The lowest BCUT2D eigenvalue weighted by Crippen LogP contribution is -1.91. The van der Waals surface area contributed by atoms with E-state index in [2.05, 4.69) is 20.3 Å². The molecule has 3 rings (SSSR count). The summed E-state index contributed by atoms with van der Waals surface area (Å²) < 4.78 is 23.2. The number of rotatable bonds is 4. The highest BCUT2D eigenvalue weighted by Crippen LogP contribution is 2.16. The fourth-order valence-electron chi connectivity index (χ4n) is 1.73. The van der Waals surface area contributed by atoms with Gasteiger partial charge in [0.1, 0.15) is 5.82 Å². The van der Waals surface area contributed by atoms with Gasteiger partial charge in [-0.2, -0.15) is 9.97 Å². The minimum atomic E-state index is -0.296. The molecule has 2 heterocycles. The molecule has 0 saturated carbocycles. The summed E-state index contributed by atoms with van der Waals surface area (Å²) in [6.07, 6.45) is 1.03. The highest BCUT2D eigenvalue weighted by atomic mass is 19.1. The Morgan fingerprint density at radius 1 is 1.05 bits per heavy atom. The second-order valence-corrected chi connectivity index (χ2v) is 4.19. The minimum Gasteiger partial charge on any atom is -0.329 e. The maximum Gasteiger partial charge on any atom is 0.316 e. The average Bonchev–Trinajstić information content (AvgIpc) is 3.07. The number of hydrogen-bond acceptors (Lipinski definition) is 6. The van der Waals surface area contributed by atoms with Gasteiger partial charge in [-0.1, -0.05) is 29.4 Å². The van der Waals surface area contributed by atoms with E-state index in [-0.39, 0.29) is 17.6 Å². The zero-order valence-electron chi connectivity index (χ0n) is 10.7. The summed E-state index contributed by atoms with van der Waals surface area (Å²) >= 11 is 0. The Balaban J connectivity index is 1.80. The summed E-state index contributed by atoms with van der Waals surface area (Å²) in [6.45, 7) is 1.91. The van der Waals surface area contributed by atoms with Crippen molar-refractivity contribution >= 4 is 0 Å². The number of hydrogen-bond donors (Lipinski definition) is 0. The quantitative estimate of drug-likeness (QED) is 0.727. The van der Waals surface area contributed by atoms with Crippen molar-refractivity contribution in [1.29, 1.82) is 0 Å². The van der Waals surface area contributed by atoms with Crippen molar-refractivity contribution in [3.05, 3.63) is 47.3 Å². The van der Waals surface area contributed by atoms with Crippen LogP contribution in [0.3, 0.4) is 0 Å². The van der Waals surface area contributed by atoms with Crippen LogP contribution < -0.4 is 0 Å². The van der Waals surface area contributed by atoms with Gasteiger partial charge in [-0.05, 0) is 17.7 Å². The predicted octanol–water partition coefficient (Wildman–Crippen LogP) is 2.41. The van der Waals surface area contributed by atoms with Crippen LogP contribution in [0, 0.1) is 5.82 Å². The van der Waals surface area contributed by atoms with E-state index in [1.54, 1.807) is 12.1 Å². The van der Waals surface area contributed by atoms with Crippen LogP contribution in [0.15, 0.2) is 33.3 Å². The summed E-state index contributed by atoms with van der Waals surface area (Å²) in [4.78, 5) is 8.26. The first-order valence-corrected chi connectivity index (χ1v) is 6.14. The molecule has 0 fully saturated rings. The summed E-state index contributed by atoms with van der Waals surface area (Å²) in [5.41, 5.74) is 0.761. The second-order valence-electron chi connectivity index (χ2n) is 4.19. The van der Waals surface area contributed by atoms with E-state index in [0.29, 0.717) is 24.5 Å². The van der Waals surface area contributed by atoms with Crippen molar-refractivity contribution in [1.82, 2.24) is 20.3 Å². The molecule has 0 aliphatic carbocycles. The van der Waals surface area contributed by atoms with Crippen LogP contribution in [-0.2, 0) is 12.8 Å². The number of benzene rings is 1. The van der Waals surface area contributed by atoms with Crippen LogP contribution in [-0.4, -0.2) is 20.3 Å². The molecule has 102 valence electrons. The van der Waals surface area contributed by atoms with Crippen LogP contribution in [0.1, 0.15) is 24.1 Å². The van der Waals surface area contributed by atoms with Crippen molar-refractivity contribution < 1.29 is 13.4 Å². The van der Waals surface area contributed by atoms with Gasteiger partial charge in [-0.25, -0.2) is 4.39 Å².